The highest BCUT2D eigenvalue weighted by Crippen LogP contribution is 2.27. The highest BCUT2D eigenvalue weighted by molar-refractivity contribution is 5.93. The van der Waals surface area contributed by atoms with Gasteiger partial charge in [0.25, 0.3) is 5.91 Å². The van der Waals surface area contributed by atoms with E-state index >= 15 is 0 Å². The van der Waals surface area contributed by atoms with Gasteiger partial charge >= 0.3 is 0 Å². The fourth-order valence-corrected chi connectivity index (χ4v) is 2.36. The van der Waals surface area contributed by atoms with Crippen molar-refractivity contribution in [2.45, 2.75) is 33.3 Å². The predicted octanol–water partition coefficient (Wildman–Crippen LogP) is 3.63. The van der Waals surface area contributed by atoms with Crippen molar-refractivity contribution in [3.8, 4) is 5.75 Å². The van der Waals surface area contributed by atoms with Crippen molar-refractivity contribution in [3.05, 3.63) is 59.2 Å². The van der Waals surface area contributed by atoms with Gasteiger partial charge in [0.15, 0.2) is 6.61 Å². The molecular weight excluding hydrogens is 290 g/mol. The van der Waals surface area contributed by atoms with E-state index in [4.69, 9.17) is 9.84 Å². The van der Waals surface area contributed by atoms with Gasteiger partial charge in [-0.2, -0.15) is 0 Å². The minimum absolute atomic E-state index is 0.00791. The van der Waals surface area contributed by atoms with Gasteiger partial charge in [0.05, 0.1) is 6.61 Å². The standard InChI is InChI=1S/C19H23NO3/c1-13(2)17-6-4-5-14(3)19(17)20-18(22)12-23-16-9-7-15(11-21)8-10-16/h4-10,13,21H,11-12H2,1-3H3,(H,20,22). The number of rotatable bonds is 6. The van der Waals surface area contributed by atoms with E-state index in [1.165, 1.54) is 0 Å². The van der Waals surface area contributed by atoms with E-state index in [-0.39, 0.29) is 19.1 Å². The molecule has 0 bridgehead atoms. The number of aliphatic hydroxyl groups excluding tert-OH is 1. The van der Waals surface area contributed by atoms with Crippen molar-refractivity contribution in [3.63, 3.8) is 0 Å². The Labute approximate surface area is 137 Å². The summed E-state index contributed by atoms with van der Waals surface area (Å²) in [6.07, 6.45) is 0. The second-order valence-electron chi connectivity index (χ2n) is 5.83. The maximum atomic E-state index is 12.2. The first-order valence-electron chi connectivity index (χ1n) is 7.73. The number of carbonyl (C=O) groups is 1. The van der Waals surface area contributed by atoms with Gasteiger partial charge in [-0.15, -0.1) is 0 Å². The molecule has 0 saturated heterocycles. The topological polar surface area (TPSA) is 58.6 Å². The zero-order valence-corrected chi connectivity index (χ0v) is 13.8. The second kappa shape index (κ2) is 7.79. The van der Waals surface area contributed by atoms with Crippen molar-refractivity contribution < 1.29 is 14.6 Å². The van der Waals surface area contributed by atoms with E-state index in [1.54, 1.807) is 24.3 Å². The van der Waals surface area contributed by atoms with Crippen molar-refractivity contribution in [2.24, 2.45) is 0 Å². The Hall–Kier alpha value is -2.33. The lowest BCUT2D eigenvalue weighted by molar-refractivity contribution is -0.118. The first-order valence-corrected chi connectivity index (χ1v) is 7.73. The first-order chi connectivity index (χ1) is 11.0. The maximum absolute atomic E-state index is 12.2. The lowest BCUT2D eigenvalue weighted by Gasteiger charge is -2.16. The summed E-state index contributed by atoms with van der Waals surface area (Å²) >= 11 is 0. The molecule has 0 radical (unpaired) electrons. The number of anilines is 1. The van der Waals surface area contributed by atoms with E-state index in [0.29, 0.717) is 11.7 Å². The van der Waals surface area contributed by atoms with E-state index in [1.807, 2.05) is 25.1 Å². The number of ether oxygens (including phenoxy) is 1. The Morgan fingerprint density at radius 3 is 2.48 bits per heavy atom. The van der Waals surface area contributed by atoms with Crippen molar-refractivity contribution in [1.29, 1.82) is 0 Å². The third-order valence-corrected chi connectivity index (χ3v) is 3.67. The van der Waals surface area contributed by atoms with Crippen LogP contribution in [0.15, 0.2) is 42.5 Å². The minimum atomic E-state index is -0.188. The van der Waals surface area contributed by atoms with Crippen LogP contribution in [-0.4, -0.2) is 17.6 Å². The molecule has 2 rings (SSSR count). The molecule has 122 valence electrons. The van der Waals surface area contributed by atoms with Crippen molar-refractivity contribution >= 4 is 11.6 Å². The molecule has 0 fully saturated rings. The molecule has 23 heavy (non-hydrogen) atoms. The third-order valence-electron chi connectivity index (χ3n) is 3.67. The SMILES string of the molecule is Cc1cccc(C(C)C)c1NC(=O)COc1ccc(CO)cc1. The zero-order valence-electron chi connectivity index (χ0n) is 13.8. The maximum Gasteiger partial charge on any atom is 0.262 e. The normalized spacial score (nSPS) is 10.7. The molecule has 0 heterocycles. The highest BCUT2D eigenvalue weighted by Gasteiger charge is 2.12. The Morgan fingerprint density at radius 1 is 1.17 bits per heavy atom. The lowest BCUT2D eigenvalue weighted by atomic mass is 9.98. The van der Waals surface area contributed by atoms with Crippen LogP contribution in [-0.2, 0) is 11.4 Å². The number of hydrogen-bond donors (Lipinski definition) is 2. The molecule has 0 atom stereocenters. The monoisotopic (exact) mass is 313 g/mol. The average molecular weight is 313 g/mol. The summed E-state index contributed by atoms with van der Waals surface area (Å²) in [5, 5.41) is 12.0. The number of aliphatic hydroxyl groups is 1. The van der Waals surface area contributed by atoms with Crippen LogP contribution in [0.25, 0.3) is 0 Å². The fraction of sp³-hybridized carbons (Fsp3) is 0.316. The van der Waals surface area contributed by atoms with E-state index in [0.717, 1.165) is 22.4 Å². The largest absolute Gasteiger partial charge is 0.484 e. The number of benzene rings is 2. The molecule has 4 nitrogen and oxygen atoms in total. The average Bonchev–Trinajstić information content (AvgIpc) is 2.55. The Kier molecular flexibility index (Phi) is 5.77. The molecule has 0 spiro atoms. The molecule has 4 heteroatoms. The number of para-hydroxylation sites is 1. The number of hydrogen-bond acceptors (Lipinski definition) is 3. The van der Waals surface area contributed by atoms with Gasteiger partial charge in [-0.05, 0) is 41.7 Å². The molecular formula is C19H23NO3. The molecule has 0 aliphatic heterocycles. The van der Waals surface area contributed by atoms with Crippen molar-refractivity contribution in [1.82, 2.24) is 0 Å². The van der Waals surface area contributed by atoms with Gasteiger partial charge in [0.1, 0.15) is 5.75 Å². The summed E-state index contributed by atoms with van der Waals surface area (Å²) in [5.74, 6) is 0.746. The zero-order chi connectivity index (χ0) is 16.8. The summed E-state index contributed by atoms with van der Waals surface area (Å²) in [7, 11) is 0. The molecule has 1 amide bonds. The van der Waals surface area contributed by atoms with Crippen LogP contribution in [0.5, 0.6) is 5.75 Å². The molecule has 2 aromatic rings. The molecule has 2 N–H and O–H groups in total. The summed E-state index contributed by atoms with van der Waals surface area (Å²) in [6.45, 7) is 6.12. The van der Waals surface area contributed by atoms with Crippen LogP contribution in [0.2, 0.25) is 0 Å². The lowest BCUT2D eigenvalue weighted by Crippen LogP contribution is -2.21. The van der Waals surface area contributed by atoms with Gasteiger partial charge in [-0.1, -0.05) is 44.2 Å². The van der Waals surface area contributed by atoms with Crippen LogP contribution in [0.4, 0.5) is 5.69 Å². The quantitative estimate of drug-likeness (QED) is 0.856. The molecule has 0 unspecified atom stereocenters. The van der Waals surface area contributed by atoms with Crippen molar-refractivity contribution in [2.75, 3.05) is 11.9 Å². The van der Waals surface area contributed by atoms with Crippen LogP contribution in [0.1, 0.15) is 36.5 Å². The Morgan fingerprint density at radius 2 is 1.87 bits per heavy atom. The summed E-state index contributed by atoms with van der Waals surface area (Å²) in [4.78, 5) is 12.2. The summed E-state index contributed by atoms with van der Waals surface area (Å²) < 4.78 is 5.49. The molecule has 0 aliphatic rings. The van der Waals surface area contributed by atoms with Gasteiger partial charge in [-0.3, -0.25) is 4.79 Å². The van der Waals surface area contributed by atoms with E-state index in [2.05, 4.69) is 19.2 Å². The van der Waals surface area contributed by atoms with Gasteiger partial charge in [0.2, 0.25) is 0 Å². The fourth-order valence-electron chi connectivity index (χ4n) is 2.36. The second-order valence-corrected chi connectivity index (χ2v) is 5.83. The summed E-state index contributed by atoms with van der Waals surface area (Å²) in [5.41, 5.74) is 3.83. The molecule has 2 aromatic carbocycles. The Balaban J connectivity index is 1.99. The number of nitrogens with one attached hydrogen (secondary N) is 1. The van der Waals surface area contributed by atoms with Gasteiger partial charge in [-0.25, -0.2) is 0 Å². The summed E-state index contributed by atoms with van der Waals surface area (Å²) in [6, 6.07) is 13.0. The molecule has 0 aliphatic carbocycles. The van der Waals surface area contributed by atoms with Gasteiger partial charge in [0, 0.05) is 5.69 Å². The molecule has 0 aromatic heterocycles. The van der Waals surface area contributed by atoms with Gasteiger partial charge < -0.3 is 15.2 Å². The first kappa shape index (κ1) is 17.0. The predicted molar refractivity (Wildman–Crippen MR) is 91.8 cm³/mol. The smallest absolute Gasteiger partial charge is 0.262 e. The van der Waals surface area contributed by atoms with Crippen LogP contribution in [0.3, 0.4) is 0 Å². The number of aryl methyl sites for hydroxylation is 1. The van der Waals surface area contributed by atoms with Crippen LogP contribution < -0.4 is 10.1 Å². The number of carbonyl (C=O) groups excluding carboxylic acids is 1. The third kappa shape index (κ3) is 4.57. The van der Waals surface area contributed by atoms with E-state index < -0.39 is 0 Å². The van der Waals surface area contributed by atoms with E-state index in [9.17, 15) is 4.79 Å². The van der Waals surface area contributed by atoms with Crippen LogP contribution in [0, 0.1) is 6.92 Å². The number of amides is 1. The molecule has 0 saturated carbocycles. The van der Waals surface area contributed by atoms with Crippen LogP contribution >= 0.6 is 0 Å². The Bertz CT molecular complexity index is 663. The minimum Gasteiger partial charge on any atom is -0.484 e. The highest BCUT2D eigenvalue weighted by atomic mass is 16.5.